The average molecular weight is 414 g/mol. The molecule has 6 nitrogen and oxygen atoms in total. The van der Waals surface area contributed by atoms with Crippen LogP contribution in [-0.2, 0) is 13.0 Å². The second-order valence-corrected chi connectivity index (χ2v) is 9.02. The number of anilines is 1. The molecule has 5 rings (SSSR count). The van der Waals surface area contributed by atoms with Crippen molar-refractivity contribution in [2.24, 2.45) is 0 Å². The number of amides is 1. The maximum atomic E-state index is 12.7. The maximum Gasteiger partial charge on any atom is 0.267 e. The van der Waals surface area contributed by atoms with Gasteiger partial charge < -0.3 is 14.4 Å². The van der Waals surface area contributed by atoms with Crippen LogP contribution in [0.5, 0.6) is 11.5 Å². The van der Waals surface area contributed by atoms with Gasteiger partial charge in [-0.05, 0) is 42.9 Å². The summed E-state index contributed by atoms with van der Waals surface area (Å²) in [4.78, 5) is 22.5. The van der Waals surface area contributed by atoms with Gasteiger partial charge in [-0.3, -0.25) is 10.1 Å². The van der Waals surface area contributed by atoms with Crippen molar-refractivity contribution < 1.29 is 14.3 Å². The van der Waals surface area contributed by atoms with Crippen LogP contribution in [0.2, 0.25) is 0 Å². The third kappa shape index (κ3) is 3.39. The molecule has 2 aromatic heterocycles. The standard InChI is InChI=1S/C20H19N3O3S2/c1-23-7-6-13-18(11-23)28-20(21-13)22-19(24)17-5-4-16(27-17)12-2-3-14-15(10-12)26-9-8-25-14/h2-5,10H,6-9,11H2,1H3,(H,21,22,24). The second-order valence-electron chi connectivity index (χ2n) is 6.85. The van der Waals surface area contributed by atoms with Gasteiger partial charge in [-0.1, -0.05) is 0 Å². The van der Waals surface area contributed by atoms with Gasteiger partial charge in [0.15, 0.2) is 16.6 Å². The predicted octanol–water partition coefficient (Wildman–Crippen LogP) is 3.88. The SMILES string of the molecule is CN1CCc2nc(NC(=O)c3ccc(-c4ccc5c(c4)OCCO5)s3)sc2C1. The average Bonchev–Trinajstić information content (AvgIpc) is 3.34. The number of carbonyl (C=O) groups excluding carboxylic acids is 1. The molecule has 0 aliphatic carbocycles. The van der Waals surface area contributed by atoms with Crippen molar-refractivity contribution in [2.45, 2.75) is 13.0 Å². The predicted molar refractivity (Wildman–Crippen MR) is 111 cm³/mol. The number of aromatic nitrogens is 1. The number of carbonyl (C=O) groups is 1. The quantitative estimate of drug-likeness (QED) is 0.706. The smallest absolute Gasteiger partial charge is 0.267 e. The zero-order valence-electron chi connectivity index (χ0n) is 15.4. The molecule has 0 radical (unpaired) electrons. The van der Waals surface area contributed by atoms with Crippen molar-refractivity contribution in [1.82, 2.24) is 9.88 Å². The molecule has 144 valence electrons. The Labute approximate surface area is 170 Å². The van der Waals surface area contributed by atoms with E-state index in [-0.39, 0.29) is 5.91 Å². The Hall–Kier alpha value is -2.42. The number of fused-ring (bicyclic) bond motifs is 2. The first kappa shape index (κ1) is 17.7. The van der Waals surface area contributed by atoms with Crippen LogP contribution in [0.1, 0.15) is 20.2 Å². The molecule has 2 aliphatic rings. The van der Waals surface area contributed by atoms with Crippen LogP contribution in [0, 0.1) is 0 Å². The molecule has 0 fully saturated rings. The fourth-order valence-electron chi connectivity index (χ4n) is 3.35. The minimum atomic E-state index is -0.117. The number of hydrogen-bond donors (Lipinski definition) is 1. The van der Waals surface area contributed by atoms with E-state index in [4.69, 9.17) is 9.47 Å². The number of likely N-dealkylation sites (N-methyl/N-ethyl adjacent to an activating group) is 1. The highest BCUT2D eigenvalue weighted by Gasteiger charge is 2.20. The summed E-state index contributed by atoms with van der Waals surface area (Å²) in [7, 11) is 2.10. The number of benzene rings is 1. The van der Waals surface area contributed by atoms with Gasteiger partial charge in [0.1, 0.15) is 13.2 Å². The van der Waals surface area contributed by atoms with Crippen LogP contribution < -0.4 is 14.8 Å². The lowest BCUT2D eigenvalue weighted by atomic mass is 10.1. The van der Waals surface area contributed by atoms with Gasteiger partial charge >= 0.3 is 0 Å². The van der Waals surface area contributed by atoms with Crippen LogP contribution in [0.25, 0.3) is 10.4 Å². The molecule has 0 saturated heterocycles. The molecule has 0 saturated carbocycles. The van der Waals surface area contributed by atoms with Crippen molar-refractivity contribution in [1.29, 1.82) is 0 Å². The number of thiophene rings is 1. The molecule has 3 aromatic rings. The van der Waals surface area contributed by atoms with Crippen LogP contribution in [0.3, 0.4) is 0 Å². The fraction of sp³-hybridized carbons (Fsp3) is 0.300. The minimum Gasteiger partial charge on any atom is -0.486 e. The third-order valence-corrected chi connectivity index (χ3v) is 6.93. The second kappa shape index (κ2) is 7.20. The number of thiazole rings is 1. The van der Waals surface area contributed by atoms with Crippen molar-refractivity contribution in [2.75, 3.05) is 32.1 Å². The number of hydrogen-bond acceptors (Lipinski definition) is 7. The first-order chi connectivity index (χ1) is 13.7. The summed E-state index contributed by atoms with van der Waals surface area (Å²) in [5, 5.41) is 3.64. The van der Waals surface area contributed by atoms with E-state index < -0.39 is 0 Å². The molecule has 2 aliphatic heterocycles. The van der Waals surface area contributed by atoms with Gasteiger partial charge in [0.25, 0.3) is 5.91 Å². The van der Waals surface area contributed by atoms with Gasteiger partial charge in [0.05, 0.1) is 10.6 Å². The maximum absolute atomic E-state index is 12.7. The molecular weight excluding hydrogens is 394 g/mol. The lowest BCUT2D eigenvalue weighted by molar-refractivity contribution is 0.103. The number of nitrogens with zero attached hydrogens (tertiary/aromatic N) is 2. The van der Waals surface area contributed by atoms with Gasteiger partial charge in [-0.2, -0.15) is 0 Å². The molecule has 4 heterocycles. The van der Waals surface area contributed by atoms with Crippen molar-refractivity contribution >= 4 is 33.7 Å². The number of nitrogens with one attached hydrogen (secondary N) is 1. The number of rotatable bonds is 3. The molecule has 0 bridgehead atoms. The summed E-state index contributed by atoms with van der Waals surface area (Å²) < 4.78 is 11.2. The van der Waals surface area contributed by atoms with Gasteiger partial charge in [-0.25, -0.2) is 4.98 Å². The summed E-state index contributed by atoms with van der Waals surface area (Å²) in [6, 6.07) is 9.69. The summed E-state index contributed by atoms with van der Waals surface area (Å²) in [5.41, 5.74) is 2.13. The van der Waals surface area contributed by atoms with E-state index in [9.17, 15) is 4.79 Å². The largest absolute Gasteiger partial charge is 0.486 e. The van der Waals surface area contributed by atoms with E-state index in [1.807, 2.05) is 30.3 Å². The first-order valence-corrected chi connectivity index (χ1v) is 10.8. The molecule has 0 unspecified atom stereocenters. The van der Waals surface area contributed by atoms with E-state index in [0.717, 1.165) is 47.1 Å². The normalized spacial score (nSPS) is 15.9. The summed E-state index contributed by atoms with van der Waals surface area (Å²) in [6.45, 7) is 3.04. The first-order valence-electron chi connectivity index (χ1n) is 9.14. The molecule has 1 amide bonds. The minimum absolute atomic E-state index is 0.117. The summed E-state index contributed by atoms with van der Waals surface area (Å²) in [6.07, 6.45) is 0.936. The van der Waals surface area contributed by atoms with Crippen LogP contribution in [0.15, 0.2) is 30.3 Å². The third-order valence-electron chi connectivity index (χ3n) is 4.80. The highest BCUT2D eigenvalue weighted by atomic mass is 32.1. The molecule has 28 heavy (non-hydrogen) atoms. The fourth-order valence-corrected chi connectivity index (χ4v) is 5.33. The van der Waals surface area contributed by atoms with Gasteiger partial charge in [-0.15, -0.1) is 22.7 Å². The van der Waals surface area contributed by atoms with Crippen molar-refractivity contribution in [3.05, 3.63) is 45.8 Å². The van der Waals surface area contributed by atoms with Crippen LogP contribution in [-0.4, -0.2) is 42.6 Å². The highest BCUT2D eigenvalue weighted by Crippen LogP contribution is 2.37. The monoisotopic (exact) mass is 413 g/mol. The molecule has 0 atom stereocenters. The van der Waals surface area contributed by atoms with E-state index in [2.05, 4.69) is 22.2 Å². The topological polar surface area (TPSA) is 63.7 Å². The van der Waals surface area contributed by atoms with Crippen molar-refractivity contribution in [3.63, 3.8) is 0 Å². The Morgan fingerprint density at radius 2 is 2.00 bits per heavy atom. The molecule has 8 heteroatoms. The van der Waals surface area contributed by atoms with Crippen LogP contribution >= 0.6 is 22.7 Å². The molecule has 0 spiro atoms. The van der Waals surface area contributed by atoms with Gasteiger partial charge in [0, 0.05) is 29.3 Å². The summed E-state index contributed by atoms with van der Waals surface area (Å²) in [5.74, 6) is 1.40. The van der Waals surface area contributed by atoms with E-state index >= 15 is 0 Å². The lowest BCUT2D eigenvalue weighted by Gasteiger charge is -2.20. The Balaban J connectivity index is 1.33. The van der Waals surface area contributed by atoms with Gasteiger partial charge in [0.2, 0.25) is 0 Å². The zero-order valence-corrected chi connectivity index (χ0v) is 17.0. The van der Waals surface area contributed by atoms with E-state index in [0.29, 0.717) is 23.2 Å². The van der Waals surface area contributed by atoms with E-state index in [1.165, 1.54) is 16.2 Å². The Kier molecular flexibility index (Phi) is 4.54. The zero-order chi connectivity index (χ0) is 19.1. The number of ether oxygens (including phenoxy) is 2. The van der Waals surface area contributed by atoms with Crippen molar-refractivity contribution in [3.8, 4) is 21.9 Å². The highest BCUT2D eigenvalue weighted by molar-refractivity contribution is 7.18. The molecule has 1 aromatic carbocycles. The van der Waals surface area contributed by atoms with E-state index in [1.54, 1.807) is 11.3 Å². The Morgan fingerprint density at radius 3 is 2.89 bits per heavy atom. The van der Waals surface area contributed by atoms with Crippen LogP contribution in [0.4, 0.5) is 5.13 Å². The molecular formula is C20H19N3O3S2. The lowest BCUT2D eigenvalue weighted by Crippen LogP contribution is -2.25. The Bertz CT molecular complexity index is 1040. The molecule has 1 N–H and O–H groups in total. The summed E-state index contributed by atoms with van der Waals surface area (Å²) >= 11 is 3.03. The Morgan fingerprint density at radius 1 is 1.14 bits per heavy atom.